The van der Waals surface area contributed by atoms with Crippen LogP contribution in [0.5, 0.6) is 5.75 Å². The number of carbonyl (C=O) groups is 2. The summed E-state index contributed by atoms with van der Waals surface area (Å²) in [7, 11) is 0. The van der Waals surface area contributed by atoms with Crippen LogP contribution < -0.4 is 10.1 Å². The first-order valence-corrected chi connectivity index (χ1v) is 10.3. The number of nitrogens with one attached hydrogen (secondary N) is 1. The van der Waals surface area contributed by atoms with Crippen LogP contribution in [0, 0.1) is 0 Å². The predicted molar refractivity (Wildman–Crippen MR) is 117 cm³/mol. The molecule has 0 aliphatic heterocycles. The molecule has 0 saturated heterocycles. The second kappa shape index (κ2) is 11.3. The molecule has 0 aliphatic carbocycles. The average Bonchev–Trinajstić information content (AvgIpc) is 2.69. The van der Waals surface area contributed by atoms with Gasteiger partial charge < -0.3 is 15.0 Å². The van der Waals surface area contributed by atoms with Gasteiger partial charge >= 0.3 is 0 Å². The lowest BCUT2D eigenvalue weighted by atomic mass is 10.1. The van der Waals surface area contributed by atoms with E-state index >= 15 is 0 Å². The van der Waals surface area contributed by atoms with Crippen LogP contribution in [0.2, 0.25) is 15.1 Å². The Hall–Kier alpha value is -1.95. The summed E-state index contributed by atoms with van der Waals surface area (Å²) in [6, 6.07) is 11.1. The number of carbonyl (C=O) groups excluding carboxylic acids is 2. The maximum Gasteiger partial charge on any atom is 0.261 e. The molecule has 0 spiro atoms. The number of halogens is 3. The van der Waals surface area contributed by atoms with Gasteiger partial charge in [0.25, 0.3) is 5.91 Å². The van der Waals surface area contributed by atoms with Crippen molar-refractivity contribution in [1.82, 2.24) is 10.2 Å². The molecule has 2 amide bonds. The van der Waals surface area contributed by atoms with E-state index in [1.54, 1.807) is 49.4 Å². The largest absolute Gasteiger partial charge is 0.484 e. The summed E-state index contributed by atoms with van der Waals surface area (Å²) in [4.78, 5) is 26.9. The van der Waals surface area contributed by atoms with Crippen LogP contribution in [-0.4, -0.2) is 35.9 Å². The fourth-order valence-corrected chi connectivity index (χ4v) is 3.31. The van der Waals surface area contributed by atoms with Crippen LogP contribution in [0.1, 0.15) is 25.8 Å². The molecule has 2 aromatic carbocycles. The van der Waals surface area contributed by atoms with E-state index < -0.39 is 6.04 Å². The molecule has 0 bridgehead atoms. The van der Waals surface area contributed by atoms with Crippen molar-refractivity contribution in [3.05, 3.63) is 63.1 Å². The minimum atomic E-state index is -0.732. The summed E-state index contributed by atoms with van der Waals surface area (Å²) in [6.07, 6.45) is 0.792. The lowest BCUT2D eigenvalue weighted by Crippen LogP contribution is -2.49. The molecule has 0 heterocycles. The Morgan fingerprint density at radius 2 is 1.76 bits per heavy atom. The first-order chi connectivity index (χ1) is 13.8. The van der Waals surface area contributed by atoms with E-state index in [1.165, 1.54) is 4.90 Å². The highest BCUT2D eigenvalue weighted by Gasteiger charge is 2.27. The normalized spacial score (nSPS) is 11.6. The number of amides is 2. The molecule has 2 rings (SSSR count). The van der Waals surface area contributed by atoms with Gasteiger partial charge in [-0.05, 0) is 43.7 Å². The van der Waals surface area contributed by atoms with Gasteiger partial charge in [-0.1, -0.05) is 53.9 Å². The van der Waals surface area contributed by atoms with Crippen molar-refractivity contribution in [1.29, 1.82) is 0 Å². The zero-order valence-corrected chi connectivity index (χ0v) is 18.5. The van der Waals surface area contributed by atoms with Crippen LogP contribution in [0.15, 0.2) is 42.5 Å². The lowest BCUT2D eigenvalue weighted by molar-refractivity contribution is -0.142. The molecule has 0 unspecified atom stereocenters. The third-order valence-electron chi connectivity index (χ3n) is 4.27. The van der Waals surface area contributed by atoms with E-state index in [9.17, 15) is 9.59 Å². The van der Waals surface area contributed by atoms with Crippen LogP contribution >= 0.6 is 34.8 Å². The second-order valence-corrected chi connectivity index (χ2v) is 7.69. The maximum absolute atomic E-state index is 12.9. The lowest BCUT2D eigenvalue weighted by Gasteiger charge is -2.29. The number of hydrogen-bond donors (Lipinski definition) is 1. The SMILES string of the molecule is CCCNC(=O)[C@H](C)N(Cc1c(Cl)cccc1Cl)C(=O)COc1cccc(Cl)c1. The van der Waals surface area contributed by atoms with Crippen molar-refractivity contribution in [3.63, 3.8) is 0 Å². The van der Waals surface area contributed by atoms with E-state index in [0.717, 1.165) is 6.42 Å². The van der Waals surface area contributed by atoms with Crippen molar-refractivity contribution < 1.29 is 14.3 Å². The smallest absolute Gasteiger partial charge is 0.261 e. The second-order valence-electron chi connectivity index (χ2n) is 6.43. The van der Waals surface area contributed by atoms with Gasteiger partial charge in [0, 0.05) is 33.7 Å². The van der Waals surface area contributed by atoms with Gasteiger partial charge in [0.05, 0.1) is 0 Å². The van der Waals surface area contributed by atoms with Crippen LogP contribution in [-0.2, 0) is 16.1 Å². The molecule has 0 saturated carbocycles. The molecule has 0 aliphatic rings. The van der Waals surface area contributed by atoms with Gasteiger partial charge in [-0.15, -0.1) is 0 Å². The zero-order chi connectivity index (χ0) is 21.4. The average molecular weight is 458 g/mol. The molecule has 29 heavy (non-hydrogen) atoms. The summed E-state index contributed by atoms with van der Waals surface area (Å²) < 4.78 is 5.57. The predicted octanol–water partition coefficient (Wildman–Crippen LogP) is 4.97. The maximum atomic E-state index is 12.9. The minimum Gasteiger partial charge on any atom is -0.484 e. The Labute approximate surface area is 185 Å². The molecule has 0 aromatic heterocycles. The molecule has 2 aromatic rings. The minimum absolute atomic E-state index is 0.0803. The quantitative estimate of drug-likeness (QED) is 0.578. The number of benzene rings is 2. The van der Waals surface area contributed by atoms with Gasteiger partial charge in [-0.3, -0.25) is 9.59 Å². The Morgan fingerprint density at radius 3 is 2.38 bits per heavy atom. The van der Waals surface area contributed by atoms with Crippen molar-refractivity contribution in [3.8, 4) is 5.75 Å². The Kier molecular flexibility index (Phi) is 9.08. The molecule has 156 valence electrons. The number of ether oxygens (including phenoxy) is 1. The zero-order valence-electron chi connectivity index (χ0n) is 16.3. The van der Waals surface area contributed by atoms with Crippen molar-refractivity contribution in [2.75, 3.05) is 13.2 Å². The van der Waals surface area contributed by atoms with Crippen LogP contribution in [0.3, 0.4) is 0 Å². The molecule has 8 heteroatoms. The number of hydrogen-bond acceptors (Lipinski definition) is 3. The summed E-state index contributed by atoms with van der Waals surface area (Å²) in [5.74, 6) is -0.170. The summed E-state index contributed by atoms with van der Waals surface area (Å²) >= 11 is 18.5. The highest BCUT2D eigenvalue weighted by Crippen LogP contribution is 2.26. The molecule has 5 nitrogen and oxygen atoms in total. The molecule has 1 N–H and O–H groups in total. The van der Waals surface area contributed by atoms with E-state index in [4.69, 9.17) is 39.5 Å². The Bertz CT molecular complexity index is 841. The highest BCUT2D eigenvalue weighted by molar-refractivity contribution is 6.36. The van der Waals surface area contributed by atoms with Crippen molar-refractivity contribution >= 4 is 46.6 Å². The fraction of sp³-hybridized carbons (Fsp3) is 0.333. The molecular weight excluding hydrogens is 435 g/mol. The fourth-order valence-electron chi connectivity index (χ4n) is 2.62. The van der Waals surface area contributed by atoms with Gasteiger partial charge in [0.2, 0.25) is 5.91 Å². The standard InChI is InChI=1S/C21H23Cl3N2O3/c1-3-10-25-21(28)14(2)26(12-17-18(23)8-5-9-19(17)24)20(27)13-29-16-7-4-6-15(22)11-16/h4-9,11,14H,3,10,12-13H2,1-2H3,(H,25,28)/t14-/m0/s1. The van der Waals surface area contributed by atoms with E-state index in [1.807, 2.05) is 6.92 Å². The van der Waals surface area contributed by atoms with Gasteiger partial charge in [-0.2, -0.15) is 0 Å². The highest BCUT2D eigenvalue weighted by atomic mass is 35.5. The Balaban J connectivity index is 2.20. The van der Waals surface area contributed by atoms with Crippen LogP contribution in [0.25, 0.3) is 0 Å². The summed E-state index contributed by atoms with van der Waals surface area (Å²) in [5.41, 5.74) is 0.571. The summed E-state index contributed by atoms with van der Waals surface area (Å²) in [6.45, 7) is 3.96. The summed E-state index contributed by atoms with van der Waals surface area (Å²) in [5, 5.41) is 4.16. The van der Waals surface area contributed by atoms with Gasteiger partial charge in [-0.25, -0.2) is 0 Å². The van der Waals surface area contributed by atoms with E-state index in [0.29, 0.717) is 32.9 Å². The van der Waals surface area contributed by atoms with Gasteiger partial charge in [0.15, 0.2) is 6.61 Å². The number of nitrogens with zero attached hydrogens (tertiary/aromatic N) is 1. The molecule has 0 radical (unpaired) electrons. The van der Waals surface area contributed by atoms with Crippen molar-refractivity contribution in [2.45, 2.75) is 32.9 Å². The molecular formula is C21H23Cl3N2O3. The third-order valence-corrected chi connectivity index (χ3v) is 5.21. The first-order valence-electron chi connectivity index (χ1n) is 9.22. The van der Waals surface area contributed by atoms with Crippen molar-refractivity contribution in [2.24, 2.45) is 0 Å². The first kappa shape index (κ1) is 23.3. The topological polar surface area (TPSA) is 58.6 Å². The van der Waals surface area contributed by atoms with Crippen LogP contribution in [0.4, 0.5) is 0 Å². The third kappa shape index (κ3) is 6.81. The Morgan fingerprint density at radius 1 is 1.10 bits per heavy atom. The monoisotopic (exact) mass is 456 g/mol. The molecule has 0 fully saturated rings. The van der Waals surface area contributed by atoms with Gasteiger partial charge in [0.1, 0.15) is 11.8 Å². The van der Waals surface area contributed by atoms with E-state index in [-0.39, 0.29) is 25.0 Å². The number of rotatable bonds is 9. The molecule has 1 atom stereocenters. The van der Waals surface area contributed by atoms with E-state index in [2.05, 4.69) is 5.32 Å².